The first-order valence-corrected chi connectivity index (χ1v) is 3.73. The number of hydrogen-bond donors (Lipinski definition) is 2. The summed E-state index contributed by atoms with van der Waals surface area (Å²) in [5.41, 5.74) is 4.11. The number of hydrogen-bond acceptors (Lipinski definition) is 3. The van der Waals surface area contributed by atoms with Crippen LogP contribution in [0.2, 0.25) is 0 Å². The summed E-state index contributed by atoms with van der Waals surface area (Å²) in [6, 6.07) is 2.67. The van der Waals surface area contributed by atoms with Crippen molar-refractivity contribution in [2.24, 2.45) is 0 Å². The van der Waals surface area contributed by atoms with Gasteiger partial charge in [-0.15, -0.1) is 0 Å². The van der Waals surface area contributed by atoms with Crippen molar-refractivity contribution in [2.45, 2.75) is 12.8 Å². The molecule has 3 N–H and O–H groups in total. The van der Waals surface area contributed by atoms with E-state index >= 15 is 0 Å². The van der Waals surface area contributed by atoms with E-state index in [9.17, 15) is 13.6 Å². The van der Waals surface area contributed by atoms with Crippen LogP contribution in [0.25, 0.3) is 0 Å². The van der Waals surface area contributed by atoms with E-state index in [2.05, 4.69) is 4.98 Å². The van der Waals surface area contributed by atoms with E-state index in [1.54, 1.807) is 6.07 Å². The zero-order valence-electron chi connectivity index (χ0n) is 7.05. The fourth-order valence-electron chi connectivity index (χ4n) is 1.00. The molecule has 0 saturated carbocycles. The van der Waals surface area contributed by atoms with Gasteiger partial charge in [0.15, 0.2) is 0 Å². The minimum absolute atomic E-state index is 0.00278. The Labute approximate surface area is 78.0 Å². The lowest BCUT2D eigenvalue weighted by Gasteiger charge is -2.04. The number of nitrogens with two attached hydrogens (primary N) is 1. The smallest absolute Gasteiger partial charge is 0.267 e. The van der Waals surface area contributed by atoms with E-state index < -0.39 is 17.5 Å². The van der Waals surface area contributed by atoms with Crippen molar-refractivity contribution in [3.8, 4) is 6.07 Å². The maximum absolute atomic E-state index is 12.3. The van der Waals surface area contributed by atoms with E-state index in [0.29, 0.717) is 0 Å². The van der Waals surface area contributed by atoms with Crippen LogP contribution in [0.15, 0.2) is 10.9 Å². The Morgan fingerprint density at radius 2 is 2.29 bits per heavy atom. The maximum atomic E-state index is 12.3. The van der Waals surface area contributed by atoms with Crippen LogP contribution in [0.5, 0.6) is 0 Å². The average Bonchev–Trinajstić information content (AvgIpc) is 2.09. The fourth-order valence-corrected chi connectivity index (χ4v) is 1.00. The molecule has 0 amide bonds. The quantitative estimate of drug-likeness (QED) is 0.744. The van der Waals surface area contributed by atoms with E-state index in [0.717, 1.165) is 6.07 Å². The third-order valence-corrected chi connectivity index (χ3v) is 1.69. The summed E-state index contributed by atoms with van der Waals surface area (Å²) in [6.45, 7) is 0. The average molecular weight is 199 g/mol. The van der Waals surface area contributed by atoms with Crippen molar-refractivity contribution >= 4 is 5.82 Å². The molecule has 0 bridgehead atoms. The number of rotatable bonds is 2. The van der Waals surface area contributed by atoms with Gasteiger partial charge in [0.05, 0.1) is 18.1 Å². The van der Waals surface area contributed by atoms with Gasteiger partial charge in [-0.05, 0) is 6.07 Å². The highest BCUT2D eigenvalue weighted by atomic mass is 19.3. The number of H-pyrrole nitrogens is 1. The number of nitrogens with one attached hydrogen (secondary N) is 1. The van der Waals surface area contributed by atoms with Gasteiger partial charge >= 0.3 is 0 Å². The molecular weight excluding hydrogens is 192 g/mol. The first kappa shape index (κ1) is 10.2. The zero-order chi connectivity index (χ0) is 10.7. The molecule has 6 heteroatoms. The van der Waals surface area contributed by atoms with Crippen LogP contribution in [0.4, 0.5) is 14.6 Å². The van der Waals surface area contributed by atoms with Crippen molar-refractivity contribution in [2.75, 3.05) is 5.73 Å². The lowest BCUT2D eigenvalue weighted by atomic mass is 10.1. The van der Waals surface area contributed by atoms with Crippen LogP contribution in [0.3, 0.4) is 0 Å². The van der Waals surface area contributed by atoms with Gasteiger partial charge in [-0.2, -0.15) is 5.26 Å². The predicted molar refractivity (Wildman–Crippen MR) is 45.7 cm³/mol. The molecule has 0 aliphatic carbocycles. The summed E-state index contributed by atoms with van der Waals surface area (Å²) >= 11 is 0. The minimum atomic E-state index is -2.76. The topological polar surface area (TPSA) is 82.7 Å². The van der Waals surface area contributed by atoms with Crippen molar-refractivity contribution in [3.05, 3.63) is 27.5 Å². The lowest BCUT2D eigenvalue weighted by Crippen LogP contribution is -2.16. The van der Waals surface area contributed by atoms with E-state index in [-0.39, 0.29) is 17.8 Å². The van der Waals surface area contributed by atoms with Gasteiger partial charge in [0, 0.05) is 5.56 Å². The van der Waals surface area contributed by atoms with Crippen molar-refractivity contribution in [3.63, 3.8) is 0 Å². The highest BCUT2D eigenvalue weighted by Crippen LogP contribution is 2.22. The molecule has 4 nitrogen and oxygen atoms in total. The Kier molecular flexibility index (Phi) is 2.82. The summed E-state index contributed by atoms with van der Waals surface area (Å²) in [6.07, 6.45) is -2.97. The number of halogens is 2. The second-order valence-electron chi connectivity index (χ2n) is 2.63. The molecule has 1 heterocycles. The van der Waals surface area contributed by atoms with Crippen LogP contribution in [-0.4, -0.2) is 4.98 Å². The van der Waals surface area contributed by atoms with Crippen LogP contribution in [0, 0.1) is 11.3 Å². The summed E-state index contributed by atoms with van der Waals surface area (Å²) < 4.78 is 24.6. The molecule has 0 atom stereocenters. The third kappa shape index (κ3) is 1.88. The van der Waals surface area contributed by atoms with E-state index in [1.807, 2.05) is 0 Å². The Balaban J connectivity index is 3.29. The molecule has 0 saturated heterocycles. The predicted octanol–water partition coefficient (Wildman–Crippen LogP) is 0.961. The number of nitriles is 1. The summed E-state index contributed by atoms with van der Waals surface area (Å²) in [5.74, 6) is -0.355. The minimum Gasteiger partial charge on any atom is -0.385 e. The molecule has 0 radical (unpaired) electrons. The van der Waals surface area contributed by atoms with Gasteiger partial charge in [0.1, 0.15) is 5.82 Å². The van der Waals surface area contributed by atoms with Crippen LogP contribution in [-0.2, 0) is 6.42 Å². The van der Waals surface area contributed by atoms with Crippen molar-refractivity contribution in [1.29, 1.82) is 5.26 Å². The standard InChI is InChI=1S/C8H7F2N3O/c9-6(10)5-3-4(1-2-11)8(14)13-7(5)12/h3,6H,1H2,(H3,12,13,14). The fraction of sp³-hybridized carbons (Fsp3) is 0.250. The molecular formula is C8H7F2N3O. The molecule has 0 aromatic carbocycles. The summed E-state index contributed by atoms with van der Waals surface area (Å²) in [5, 5.41) is 8.32. The number of nitrogen functional groups attached to an aromatic ring is 1. The molecule has 1 rings (SSSR count). The molecule has 1 aromatic heterocycles. The Morgan fingerprint density at radius 3 is 2.79 bits per heavy atom. The molecule has 74 valence electrons. The van der Waals surface area contributed by atoms with Gasteiger partial charge in [0.2, 0.25) is 0 Å². The summed E-state index contributed by atoms with van der Waals surface area (Å²) in [7, 11) is 0. The molecule has 0 spiro atoms. The molecule has 0 unspecified atom stereocenters. The monoisotopic (exact) mass is 199 g/mol. The molecule has 1 aromatic rings. The molecule has 0 fully saturated rings. The molecule has 0 aliphatic rings. The molecule has 14 heavy (non-hydrogen) atoms. The van der Waals surface area contributed by atoms with Gasteiger partial charge in [-0.3, -0.25) is 4.79 Å². The van der Waals surface area contributed by atoms with Crippen LogP contribution >= 0.6 is 0 Å². The Morgan fingerprint density at radius 1 is 1.64 bits per heavy atom. The van der Waals surface area contributed by atoms with Crippen LogP contribution < -0.4 is 11.3 Å². The Hall–Kier alpha value is -1.90. The number of pyridine rings is 1. The second-order valence-corrected chi connectivity index (χ2v) is 2.63. The van der Waals surface area contributed by atoms with Crippen LogP contribution in [0.1, 0.15) is 17.6 Å². The van der Waals surface area contributed by atoms with Crippen molar-refractivity contribution < 1.29 is 8.78 Å². The van der Waals surface area contributed by atoms with E-state index in [4.69, 9.17) is 11.0 Å². The van der Waals surface area contributed by atoms with Gasteiger partial charge in [-0.1, -0.05) is 0 Å². The van der Waals surface area contributed by atoms with E-state index in [1.165, 1.54) is 0 Å². The number of aromatic amines is 1. The van der Waals surface area contributed by atoms with Gasteiger partial charge in [-0.25, -0.2) is 8.78 Å². The third-order valence-electron chi connectivity index (χ3n) is 1.69. The second kappa shape index (κ2) is 3.87. The number of aromatic nitrogens is 1. The number of anilines is 1. The van der Waals surface area contributed by atoms with Crippen molar-refractivity contribution in [1.82, 2.24) is 4.98 Å². The SMILES string of the molecule is N#CCc1cc(C(F)F)c(N)[nH]c1=O. The summed E-state index contributed by atoms with van der Waals surface area (Å²) in [4.78, 5) is 13.1. The first-order chi connectivity index (χ1) is 6.56. The highest BCUT2D eigenvalue weighted by molar-refractivity contribution is 5.42. The largest absolute Gasteiger partial charge is 0.385 e. The number of nitrogens with zero attached hydrogens (tertiary/aromatic N) is 1. The normalized spacial score (nSPS) is 10.1. The lowest BCUT2D eigenvalue weighted by molar-refractivity contribution is 0.152. The van der Waals surface area contributed by atoms with Gasteiger partial charge in [0.25, 0.3) is 12.0 Å². The number of alkyl halides is 2. The first-order valence-electron chi connectivity index (χ1n) is 3.73. The zero-order valence-corrected chi connectivity index (χ0v) is 7.05. The maximum Gasteiger partial charge on any atom is 0.267 e. The highest BCUT2D eigenvalue weighted by Gasteiger charge is 2.14. The van der Waals surface area contributed by atoms with Gasteiger partial charge < -0.3 is 10.7 Å². The molecule has 0 aliphatic heterocycles. The Bertz CT molecular complexity index is 433.